The molecule has 0 saturated heterocycles. The van der Waals surface area contributed by atoms with Crippen molar-refractivity contribution in [1.82, 2.24) is 10.2 Å². The minimum atomic E-state index is -4.11. The molecule has 230 valence electrons. The zero-order valence-corrected chi connectivity index (χ0v) is 26.9. The van der Waals surface area contributed by atoms with Crippen LogP contribution in [0.2, 0.25) is 0 Å². The number of aryl methyl sites for hydroxylation is 4. The van der Waals surface area contributed by atoms with Crippen molar-refractivity contribution in [1.29, 1.82) is 0 Å². The number of hydrogen-bond acceptors (Lipinski definition) is 4. The van der Waals surface area contributed by atoms with Crippen molar-refractivity contribution < 1.29 is 18.0 Å². The van der Waals surface area contributed by atoms with Crippen LogP contribution in [-0.4, -0.2) is 43.8 Å². The van der Waals surface area contributed by atoms with Crippen LogP contribution in [0.4, 0.5) is 5.69 Å². The number of carbonyl (C=O) groups excluding carboxylic acids is 2. The highest BCUT2D eigenvalue weighted by Crippen LogP contribution is 2.29. The lowest BCUT2D eigenvalue weighted by Crippen LogP contribution is -2.54. The Morgan fingerprint density at radius 1 is 0.860 bits per heavy atom. The first-order valence-corrected chi connectivity index (χ1v) is 16.8. The second-order valence-electron chi connectivity index (χ2n) is 11.8. The Labute approximate surface area is 257 Å². The average molecular weight is 604 g/mol. The van der Waals surface area contributed by atoms with Crippen molar-refractivity contribution in [2.45, 2.75) is 96.7 Å². The molecule has 0 spiro atoms. The van der Waals surface area contributed by atoms with E-state index in [4.69, 9.17) is 0 Å². The van der Waals surface area contributed by atoms with E-state index in [1.54, 1.807) is 35.2 Å². The molecule has 1 aliphatic rings. The van der Waals surface area contributed by atoms with Crippen molar-refractivity contribution in [3.8, 4) is 0 Å². The molecule has 0 heterocycles. The zero-order valence-electron chi connectivity index (χ0n) is 26.1. The van der Waals surface area contributed by atoms with Gasteiger partial charge in [-0.3, -0.25) is 13.9 Å². The number of sulfonamides is 1. The number of benzene rings is 3. The molecule has 2 amide bonds. The fourth-order valence-corrected chi connectivity index (χ4v) is 7.24. The normalized spacial score (nSPS) is 14.6. The molecule has 0 radical (unpaired) electrons. The molecule has 1 aliphatic carbocycles. The van der Waals surface area contributed by atoms with Crippen molar-refractivity contribution in [3.05, 3.63) is 94.5 Å². The summed E-state index contributed by atoms with van der Waals surface area (Å²) in [7, 11) is -4.11. The molecule has 1 N–H and O–H groups in total. The topological polar surface area (TPSA) is 86.8 Å². The van der Waals surface area contributed by atoms with Crippen LogP contribution in [0.1, 0.15) is 73.3 Å². The molecule has 4 rings (SSSR count). The summed E-state index contributed by atoms with van der Waals surface area (Å²) >= 11 is 0. The number of rotatable bonds is 11. The number of carbonyl (C=O) groups is 2. The van der Waals surface area contributed by atoms with Crippen molar-refractivity contribution in [3.63, 3.8) is 0 Å². The van der Waals surface area contributed by atoms with Crippen molar-refractivity contribution in [2.24, 2.45) is 0 Å². The van der Waals surface area contributed by atoms with E-state index >= 15 is 0 Å². The predicted molar refractivity (Wildman–Crippen MR) is 172 cm³/mol. The Kier molecular flexibility index (Phi) is 10.7. The Hall–Kier alpha value is -3.65. The van der Waals surface area contributed by atoms with Gasteiger partial charge in [0.15, 0.2) is 0 Å². The van der Waals surface area contributed by atoms with E-state index in [0.29, 0.717) is 12.1 Å². The molecule has 3 aromatic rings. The first-order valence-electron chi connectivity index (χ1n) is 15.3. The van der Waals surface area contributed by atoms with Crippen LogP contribution in [0.25, 0.3) is 0 Å². The van der Waals surface area contributed by atoms with E-state index in [1.165, 1.54) is 10.7 Å². The molecule has 3 aromatic carbocycles. The second kappa shape index (κ2) is 14.2. The standard InChI is InChI=1S/C35H45N3O4S/c1-6-32(35(40)36-30-14-8-7-9-15-30)37(23-29-13-11-10-12-27(29)4)34(39)24-38(33-22-26(3)16-19-28(33)5)43(41,42)31-20-17-25(2)18-21-31/h10-13,16-22,30,32H,6-9,14-15,23-24H2,1-5H3,(H,36,40)/t32-/m1/s1. The Bertz CT molecular complexity index is 1530. The summed E-state index contributed by atoms with van der Waals surface area (Å²) in [5, 5.41) is 3.20. The van der Waals surface area contributed by atoms with Crippen LogP contribution in [-0.2, 0) is 26.2 Å². The van der Waals surface area contributed by atoms with Gasteiger partial charge in [0.05, 0.1) is 10.6 Å². The van der Waals surface area contributed by atoms with E-state index in [2.05, 4.69) is 5.32 Å². The highest BCUT2D eigenvalue weighted by Gasteiger charge is 2.35. The fourth-order valence-electron chi connectivity index (χ4n) is 5.77. The molecule has 1 fully saturated rings. The summed E-state index contributed by atoms with van der Waals surface area (Å²) in [5.41, 5.74) is 4.92. The second-order valence-corrected chi connectivity index (χ2v) is 13.7. The van der Waals surface area contributed by atoms with Crippen LogP contribution in [0, 0.1) is 27.7 Å². The number of nitrogens with one attached hydrogen (secondary N) is 1. The number of nitrogens with zero attached hydrogens (tertiary/aromatic N) is 2. The molecule has 0 aromatic heterocycles. The SMILES string of the molecule is CC[C@H](C(=O)NC1CCCCC1)N(Cc1ccccc1C)C(=O)CN(c1cc(C)ccc1C)S(=O)(=O)c1ccc(C)cc1. The minimum Gasteiger partial charge on any atom is -0.352 e. The van der Waals surface area contributed by atoms with Gasteiger partial charge < -0.3 is 10.2 Å². The molecule has 7 nitrogen and oxygen atoms in total. The number of hydrogen-bond donors (Lipinski definition) is 1. The van der Waals surface area contributed by atoms with E-state index < -0.39 is 28.5 Å². The smallest absolute Gasteiger partial charge is 0.264 e. The van der Waals surface area contributed by atoms with Crippen LogP contribution in [0.15, 0.2) is 71.6 Å². The number of amides is 2. The van der Waals surface area contributed by atoms with Crippen LogP contribution in [0.5, 0.6) is 0 Å². The van der Waals surface area contributed by atoms with Crippen molar-refractivity contribution in [2.75, 3.05) is 10.8 Å². The quantitative estimate of drug-likeness (QED) is 0.276. The Balaban J connectivity index is 1.74. The zero-order chi connectivity index (χ0) is 31.1. The Morgan fingerprint density at radius 2 is 1.51 bits per heavy atom. The lowest BCUT2D eigenvalue weighted by molar-refractivity contribution is -0.140. The van der Waals surface area contributed by atoms with E-state index in [1.807, 2.05) is 71.0 Å². The summed E-state index contributed by atoms with van der Waals surface area (Å²) < 4.78 is 29.6. The third kappa shape index (κ3) is 7.85. The summed E-state index contributed by atoms with van der Waals surface area (Å²) in [6, 6.07) is 19.4. The third-order valence-electron chi connectivity index (χ3n) is 8.46. The molecule has 1 atom stereocenters. The highest BCUT2D eigenvalue weighted by molar-refractivity contribution is 7.92. The van der Waals surface area contributed by atoms with Gasteiger partial charge in [-0.25, -0.2) is 8.42 Å². The maximum absolute atomic E-state index is 14.4. The average Bonchev–Trinajstić information content (AvgIpc) is 2.98. The largest absolute Gasteiger partial charge is 0.352 e. The molecule has 43 heavy (non-hydrogen) atoms. The van der Waals surface area contributed by atoms with Crippen LogP contribution >= 0.6 is 0 Å². The lowest BCUT2D eigenvalue weighted by atomic mass is 9.95. The van der Waals surface area contributed by atoms with Crippen molar-refractivity contribution >= 4 is 27.5 Å². The molecule has 0 aliphatic heterocycles. The van der Waals surface area contributed by atoms with Gasteiger partial charge in [-0.05, 0) is 87.4 Å². The minimum absolute atomic E-state index is 0.0964. The van der Waals surface area contributed by atoms with Crippen LogP contribution < -0.4 is 9.62 Å². The van der Waals surface area contributed by atoms with Gasteiger partial charge in [-0.15, -0.1) is 0 Å². The van der Waals surface area contributed by atoms with Gasteiger partial charge >= 0.3 is 0 Å². The highest BCUT2D eigenvalue weighted by atomic mass is 32.2. The lowest BCUT2D eigenvalue weighted by Gasteiger charge is -2.35. The van der Waals surface area contributed by atoms with Gasteiger partial charge in [0.25, 0.3) is 10.0 Å². The molecular formula is C35H45N3O4S. The Morgan fingerprint density at radius 3 is 2.16 bits per heavy atom. The monoisotopic (exact) mass is 603 g/mol. The van der Waals surface area contributed by atoms with E-state index in [0.717, 1.165) is 53.5 Å². The molecule has 8 heteroatoms. The van der Waals surface area contributed by atoms with Crippen LogP contribution in [0.3, 0.4) is 0 Å². The maximum Gasteiger partial charge on any atom is 0.264 e. The molecule has 1 saturated carbocycles. The first kappa shape index (κ1) is 32.3. The molecular weight excluding hydrogens is 558 g/mol. The summed E-state index contributed by atoms with van der Waals surface area (Å²) in [5.74, 6) is -0.610. The molecule has 0 bridgehead atoms. The van der Waals surface area contributed by atoms with Gasteiger partial charge in [0.1, 0.15) is 12.6 Å². The maximum atomic E-state index is 14.4. The fraction of sp³-hybridized carbons (Fsp3) is 0.429. The van der Waals surface area contributed by atoms with Gasteiger partial charge in [0.2, 0.25) is 11.8 Å². The van der Waals surface area contributed by atoms with Gasteiger partial charge in [0, 0.05) is 12.6 Å². The molecule has 0 unspecified atom stereocenters. The predicted octanol–water partition coefficient (Wildman–Crippen LogP) is 6.37. The van der Waals surface area contributed by atoms with E-state index in [9.17, 15) is 18.0 Å². The third-order valence-corrected chi connectivity index (χ3v) is 10.2. The van der Waals surface area contributed by atoms with Gasteiger partial charge in [-0.1, -0.05) is 80.3 Å². The summed E-state index contributed by atoms with van der Waals surface area (Å²) in [6.45, 7) is 9.28. The first-order chi connectivity index (χ1) is 20.5. The number of anilines is 1. The van der Waals surface area contributed by atoms with Gasteiger partial charge in [-0.2, -0.15) is 0 Å². The summed E-state index contributed by atoms with van der Waals surface area (Å²) in [6.07, 6.45) is 5.60. The van der Waals surface area contributed by atoms with E-state index in [-0.39, 0.29) is 23.4 Å². The summed E-state index contributed by atoms with van der Waals surface area (Å²) in [4.78, 5) is 29.8.